The second-order valence-corrected chi connectivity index (χ2v) is 5.35. The molecule has 0 amide bonds. The second-order valence-electron chi connectivity index (χ2n) is 5.35. The topological polar surface area (TPSA) is 64.5 Å². The quantitative estimate of drug-likeness (QED) is 0.690. The average Bonchev–Trinajstić information content (AvgIpc) is 2.62. The molecule has 1 aromatic heterocycles. The van der Waals surface area contributed by atoms with E-state index in [2.05, 4.69) is 9.97 Å². The Balaban J connectivity index is 1.69. The standard InChI is InChI=1S/C19H17FN2O3/c1-13(3-2-10-23)24-15-5-7-16(8-6-15)25-19-12-21-18-11-14(20)4-9-17(18)22-19/h2-9,11-13,23H,10H2,1H3/b3-2+. The zero-order valence-electron chi connectivity index (χ0n) is 13.6. The van der Waals surface area contributed by atoms with Crippen molar-refractivity contribution in [3.63, 3.8) is 0 Å². The number of fused-ring (bicyclic) bond motifs is 1. The molecule has 3 aromatic rings. The fourth-order valence-electron chi connectivity index (χ4n) is 2.23. The largest absolute Gasteiger partial charge is 0.487 e. The third-order valence-electron chi connectivity index (χ3n) is 3.36. The molecule has 0 spiro atoms. The number of rotatable bonds is 6. The first-order valence-electron chi connectivity index (χ1n) is 7.78. The molecule has 6 heteroatoms. The molecule has 0 saturated carbocycles. The minimum absolute atomic E-state index is 0.0140. The van der Waals surface area contributed by atoms with Crippen molar-refractivity contribution in [2.24, 2.45) is 0 Å². The molecule has 1 heterocycles. The van der Waals surface area contributed by atoms with Crippen molar-refractivity contribution in [2.75, 3.05) is 6.61 Å². The Morgan fingerprint density at radius 1 is 1.12 bits per heavy atom. The van der Waals surface area contributed by atoms with Crippen LogP contribution in [0.25, 0.3) is 11.0 Å². The first kappa shape index (κ1) is 16.9. The van der Waals surface area contributed by atoms with Crippen LogP contribution in [-0.2, 0) is 0 Å². The summed E-state index contributed by atoms with van der Waals surface area (Å²) in [5.41, 5.74) is 1.03. The van der Waals surface area contributed by atoms with Gasteiger partial charge in [0.15, 0.2) is 0 Å². The van der Waals surface area contributed by atoms with E-state index in [9.17, 15) is 4.39 Å². The lowest BCUT2D eigenvalue weighted by Crippen LogP contribution is -2.08. The third-order valence-corrected chi connectivity index (χ3v) is 3.36. The van der Waals surface area contributed by atoms with Crippen LogP contribution < -0.4 is 9.47 Å². The number of aliphatic hydroxyl groups excluding tert-OH is 1. The van der Waals surface area contributed by atoms with Gasteiger partial charge in [-0.15, -0.1) is 0 Å². The van der Waals surface area contributed by atoms with Crippen LogP contribution >= 0.6 is 0 Å². The molecular formula is C19H17FN2O3. The molecule has 1 atom stereocenters. The zero-order valence-corrected chi connectivity index (χ0v) is 13.6. The van der Waals surface area contributed by atoms with Crippen LogP contribution in [0.15, 0.2) is 60.8 Å². The molecule has 128 valence electrons. The van der Waals surface area contributed by atoms with Gasteiger partial charge < -0.3 is 14.6 Å². The monoisotopic (exact) mass is 340 g/mol. The molecule has 0 radical (unpaired) electrons. The molecule has 0 bridgehead atoms. The van der Waals surface area contributed by atoms with E-state index < -0.39 is 0 Å². The Kier molecular flexibility index (Phi) is 5.20. The summed E-state index contributed by atoms with van der Waals surface area (Å²) in [7, 11) is 0. The summed E-state index contributed by atoms with van der Waals surface area (Å²) < 4.78 is 24.5. The Bertz CT molecular complexity index is 881. The van der Waals surface area contributed by atoms with Gasteiger partial charge >= 0.3 is 0 Å². The maximum absolute atomic E-state index is 13.2. The molecular weight excluding hydrogens is 323 g/mol. The highest BCUT2D eigenvalue weighted by Gasteiger charge is 2.05. The molecule has 3 rings (SSSR count). The second kappa shape index (κ2) is 7.72. The fourth-order valence-corrected chi connectivity index (χ4v) is 2.23. The lowest BCUT2D eigenvalue weighted by atomic mass is 10.3. The van der Waals surface area contributed by atoms with Crippen LogP contribution in [0.1, 0.15) is 6.92 Å². The SMILES string of the molecule is CC(/C=C/CO)Oc1ccc(Oc2cnc3cc(F)ccc3n2)cc1. The van der Waals surface area contributed by atoms with Crippen LogP contribution in [0, 0.1) is 5.82 Å². The number of hydrogen-bond acceptors (Lipinski definition) is 5. The van der Waals surface area contributed by atoms with Gasteiger partial charge in [0.2, 0.25) is 5.88 Å². The van der Waals surface area contributed by atoms with Crippen LogP contribution in [0.2, 0.25) is 0 Å². The minimum Gasteiger partial charge on any atom is -0.487 e. The summed E-state index contributed by atoms with van der Waals surface area (Å²) in [5, 5.41) is 8.75. The summed E-state index contributed by atoms with van der Waals surface area (Å²) in [5.74, 6) is 1.24. The Morgan fingerprint density at radius 2 is 1.88 bits per heavy atom. The third kappa shape index (κ3) is 4.51. The first-order chi connectivity index (χ1) is 12.1. The van der Waals surface area contributed by atoms with Crippen molar-refractivity contribution < 1.29 is 19.0 Å². The molecule has 0 aliphatic carbocycles. The van der Waals surface area contributed by atoms with Gasteiger partial charge in [0.25, 0.3) is 0 Å². The number of ether oxygens (including phenoxy) is 2. The van der Waals surface area contributed by atoms with E-state index in [1.165, 1.54) is 18.3 Å². The number of benzene rings is 2. The number of hydrogen-bond donors (Lipinski definition) is 1. The molecule has 0 saturated heterocycles. The van der Waals surface area contributed by atoms with Gasteiger partial charge in [0.1, 0.15) is 23.4 Å². The van der Waals surface area contributed by atoms with E-state index >= 15 is 0 Å². The predicted octanol–water partition coefficient (Wildman–Crippen LogP) is 3.88. The molecule has 1 unspecified atom stereocenters. The van der Waals surface area contributed by atoms with Gasteiger partial charge in [-0.1, -0.05) is 6.08 Å². The predicted molar refractivity (Wildman–Crippen MR) is 92.3 cm³/mol. The molecule has 0 aliphatic rings. The van der Waals surface area contributed by atoms with Gasteiger partial charge in [-0.05, 0) is 49.4 Å². The summed E-state index contributed by atoms with van der Waals surface area (Å²) in [6.45, 7) is 1.87. The highest BCUT2D eigenvalue weighted by molar-refractivity contribution is 5.74. The first-order valence-corrected chi connectivity index (χ1v) is 7.78. The van der Waals surface area contributed by atoms with Crippen molar-refractivity contribution >= 4 is 11.0 Å². The molecule has 5 nitrogen and oxygen atoms in total. The summed E-state index contributed by atoms with van der Waals surface area (Å²) in [6.07, 6.45) is 4.71. The highest BCUT2D eigenvalue weighted by atomic mass is 19.1. The van der Waals surface area contributed by atoms with Crippen molar-refractivity contribution in [2.45, 2.75) is 13.0 Å². The molecule has 1 N–H and O–H groups in total. The smallest absolute Gasteiger partial charge is 0.238 e. The molecule has 0 aliphatic heterocycles. The lowest BCUT2D eigenvalue weighted by molar-refractivity contribution is 0.267. The van der Waals surface area contributed by atoms with Crippen LogP contribution in [0.4, 0.5) is 4.39 Å². The summed E-state index contributed by atoms with van der Waals surface area (Å²) in [4.78, 5) is 8.44. The van der Waals surface area contributed by atoms with Crippen LogP contribution in [0.3, 0.4) is 0 Å². The van der Waals surface area contributed by atoms with Gasteiger partial charge in [0, 0.05) is 6.07 Å². The van der Waals surface area contributed by atoms with E-state index in [4.69, 9.17) is 14.6 Å². The highest BCUT2D eigenvalue weighted by Crippen LogP contribution is 2.24. The van der Waals surface area contributed by atoms with E-state index in [1.54, 1.807) is 42.5 Å². The van der Waals surface area contributed by atoms with E-state index in [0.29, 0.717) is 28.4 Å². The van der Waals surface area contributed by atoms with Gasteiger partial charge in [-0.2, -0.15) is 0 Å². The molecule has 25 heavy (non-hydrogen) atoms. The van der Waals surface area contributed by atoms with Crippen LogP contribution in [0.5, 0.6) is 17.4 Å². The Morgan fingerprint density at radius 3 is 2.64 bits per heavy atom. The average molecular weight is 340 g/mol. The maximum atomic E-state index is 13.2. The van der Waals surface area contributed by atoms with Gasteiger partial charge in [0.05, 0.1) is 23.8 Å². The summed E-state index contributed by atoms with van der Waals surface area (Å²) >= 11 is 0. The lowest BCUT2D eigenvalue weighted by Gasteiger charge is -2.11. The van der Waals surface area contributed by atoms with E-state index in [-0.39, 0.29) is 18.5 Å². The van der Waals surface area contributed by atoms with Crippen molar-refractivity contribution in [1.82, 2.24) is 9.97 Å². The van der Waals surface area contributed by atoms with Crippen molar-refractivity contribution in [1.29, 1.82) is 0 Å². The number of aromatic nitrogens is 2. The normalized spacial score (nSPS) is 12.4. The zero-order chi connectivity index (χ0) is 17.6. The number of nitrogens with zero attached hydrogens (tertiary/aromatic N) is 2. The maximum Gasteiger partial charge on any atom is 0.238 e. The molecule has 0 fully saturated rings. The fraction of sp³-hybridized carbons (Fsp3) is 0.158. The Labute approximate surface area is 144 Å². The molecule has 2 aromatic carbocycles. The summed E-state index contributed by atoms with van der Waals surface area (Å²) in [6, 6.07) is 11.3. The van der Waals surface area contributed by atoms with E-state index in [0.717, 1.165) is 0 Å². The number of halogens is 1. The van der Waals surface area contributed by atoms with E-state index in [1.807, 2.05) is 6.92 Å². The minimum atomic E-state index is -0.353. The Hall–Kier alpha value is -2.99. The van der Waals surface area contributed by atoms with Gasteiger partial charge in [-0.3, -0.25) is 0 Å². The van der Waals surface area contributed by atoms with Crippen molar-refractivity contribution in [3.05, 3.63) is 66.6 Å². The number of aliphatic hydroxyl groups is 1. The van der Waals surface area contributed by atoms with Crippen molar-refractivity contribution in [3.8, 4) is 17.4 Å². The van der Waals surface area contributed by atoms with Crippen LogP contribution in [-0.4, -0.2) is 27.8 Å². The van der Waals surface area contributed by atoms with Gasteiger partial charge in [-0.25, -0.2) is 14.4 Å².